The maximum atomic E-state index is 5.74. The van der Waals surface area contributed by atoms with Crippen molar-refractivity contribution in [3.63, 3.8) is 0 Å². The molecule has 0 radical (unpaired) electrons. The summed E-state index contributed by atoms with van der Waals surface area (Å²) in [5, 5.41) is 3.47. The third-order valence-electron chi connectivity index (χ3n) is 2.65. The van der Waals surface area contributed by atoms with E-state index in [0.717, 1.165) is 12.6 Å². The number of ether oxygens (including phenoxy) is 1. The first kappa shape index (κ1) is 10.7. The minimum Gasteiger partial charge on any atom is -0.373 e. The first-order valence-electron chi connectivity index (χ1n) is 5.73. The SMILES string of the molecule is CC(CNC1CC1)OCc1ccccc1. The molecule has 1 saturated carbocycles. The van der Waals surface area contributed by atoms with Gasteiger partial charge >= 0.3 is 0 Å². The standard InChI is InChI=1S/C13H19NO/c1-11(9-14-13-7-8-13)15-10-12-5-3-2-4-6-12/h2-6,11,13-14H,7-10H2,1H3. The van der Waals surface area contributed by atoms with Crippen LogP contribution in [0.5, 0.6) is 0 Å². The molecule has 2 nitrogen and oxygen atoms in total. The van der Waals surface area contributed by atoms with Gasteiger partial charge in [0.2, 0.25) is 0 Å². The Bertz CT molecular complexity index is 282. The van der Waals surface area contributed by atoms with Crippen LogP contribution in [-0.4, -0.2) is 18.7 Å². The lowest BCUT2D eigenvalue weighted by Gasteiger charge is -2.13. The quantitative estimate of drug-likeness (QED) is 0.769. The summed E-state index contributed by atoms with van der Waals surface area (Å²) in [4.78, 5) is 0. The lowest BCUT2D eigenvalue weighted by atomic mass is 10.2. The number of rotatable bonds is 6. The first-order valence-corrected chi connectivity index (χ1v) is 5.73. The Hall–Kier alpha value is -0.860. The average Bonchev–Trinajstić information content (AvgIpc) is 3.09. The van der Waals surface area contributed by atoms with Gasteiger partial charge in [0.1, 0.15) is 0 Å². The van der Waals surface area contributed by atoms with Gasteiger partial charge in [-0.1, -0.05) is 30.3 Å². The number of nitrogens with one attached hydrogen (secondary N) is 1. The largest absolute Gasteiger partial charge is 0.373 e. The van der Waals surface area contributed by atoms with Crippen molar-refractivity contribution in [3.05, 3.63) is 35.9 Å². The van der Waals surface area contributed by atoms with E-state index >= 15 is 0 Å². The molecular weight excluding hydrogens is 186 g/mol. The van der Waals surface area contributed by atoms with Crippen molar-refractivity contribution in [1.82, 2.24) is 5.32 Å². The molecule has 0 aromatic heterocycles. The van der Waals surface area contributed by atoms with E-state index in [1.165, 1.54) is 18.4 Å². The molecule has 1 aliphatic carbocycles. The second kappa shape index (κ2) is 5.29. The topological polar surface area (TPSA) is 21.3 Å². The van der Waals surface area contributed by atoms with Gasteiger partial charge in [-0.2, -0.15) is 0 Å². The summed E-state index contributed by atoms with van der Waals surface area (Å²) in [6.45, 7) is 3.81. The zero-order valence-electron chi connectivity index (χ0n) is 9.28. The fourth-order valence-electron chi connectivity index (χ4n) is 1.49. The Morgan fingerprint density at radius 2 is 2.07 bits per heavy atom. The fraction of sp³-hybridized carbons (Fsp3) is 0.538. The molecule has 1 N–H and O–H groups in total. The third kappa shape index (κ3) is 4.02. The summed E-state index contributed by atoms with van der Waals surface area (Å²) < 4.78 is 5.74. The van der Waals surface area contributed by atoms with Crippen LogP contribution in [0.1, 0.15) is 25.3 Å². The summed E-state index contributed by atoms with van der Waals surface area (Å²) in [5.74, 6) is 0. The van der Waals surface area contributed by atoms with Crippen LogP contribution in [-0.2, 0) is 11.3 Å². The van der Waals surface area contributed by atoms with Gasteiger partial charge in [0.05, 0.1) is 12.7 Å². The maximum absolute atomic E-state index is 5.74. The lowest BCUT2D eigenvalue weighted by Crippen LogP contribution is -2.28. The van der Waals surface area contributed by atoms with Crippen molar-refractivity contribution < 1.29 is 4.74 Å². The number of hydrogen-bond donors (Lipinski definition) is 1. The van der Waals surface area contributed by atoms with Gasteiger partial charge in [-0.25, -0.2) is 0 Å². The van der Waals surface area contributed by atoms with Gasteiger partial charge in [0.25, 0.3) is 0 Å². The summed E-state index contributed by atoms with van der Waals surface area (Å²) in [7, 11) is 0. The Kier molecular flexibility index (Phi) is 3.75. The second-order valence-electron chi connectivity index (χ2n) is 4.29. The number of benzene rings is 1. The molecule has 82 valence electrons. The van der Waals surface area contributed by atoms with E-state index in [2.05, 4.69) is 24.4 Å². The molecule has 1 aliphatic rings. The second-order valence-corrected chi connectivity index (χ2v) is 4.29. The summed E-state index contributed by atoms with van der Waals surface area (Å²) in [6, 6.07) is 11.1. The monoisotopic (exact) mass is 205 g/mol. The zero-order chi connectivity index (χ0) is 10.5. The van der Waals surface area contributed by atoms with E-state index in [1.807, 2.05) is 18.2 Å². The van der Waals surface area contributed by atoms with Crippen molar-refractivity contribution in [2.24, 2.45) is 0 Å². The average molecular weight is 205 g/mol. The molecule has 0 saturated heterocycles. The molecule has 1 unspecified atom stereocenters. The van der Waals surface area contributed by atoms with Crippen molar-refractivity contribution in [2.75, 3.05) is 6.54 Å². The predicted octanol–water partition coefficient (Wildman–Crippen LogP) is 2.34. The van der Waals surface area contributed by atoms with E-state index < -0.39 is 0 Å². The van der Waals surface area contributed by atoms with E-state index in [4.69, 9.17) is 4.74 Å². The Labute approximate surface area is 91.6 Å². The highest BCUT2D eigenvalue weighted by molar-refractivity contribution is 5.13. The highest BCUT2D eigenvalue weighted by atomic mass is 16.5. The molecule has 0 aliphatic heterocycles. The van der Waals surface area contributed by atoms with E-state index in [1.54, 1.807) is 0 Å². The van der Waals surface area contributed by atoms with Gasteiger partial charge in [-0.05, 0) is 25.3 Å². The van der Waals surface area contributed by atoms with Crippen LogP contribution in [0.3, 0.4) is 0 Å². The minimum absolute atomic E-state index is 0.297. The van der Waals surface area contributed by atoms with Crippen molar-refractivity contribution in [2.45, 2.75) is 38.5 Å². The van der Waals surface area contributed by atoms with Gasteiger partial charge in [-0.15, -0.1) is 0 Å². The van der Waals surface area contributed by atoms with Crippen LogP contribution < -0.4 is 5.32 Å². The molecule has 0 amide bonds. The highest BCUT2D eigenvalue weighted by Gasteiger charge is 2.20. The lowest BCUT2D eigenvalue weighted by molar-refractivity contribution is 0.0530. The Morgan fingerprint density at radius 3 is 2.73 bits per heavy atom. The molecule has 2 rings (SSSR count). The molecule has 2 heteroatoms. The molecule has 1 atom stereocenters. The van der Waals surface area contributed by atoms with Crippen LogP contribution >= 0.6 is 0 Å². The minimum atomic E-state index is 0.297. The molecule has 15 heavy (non-hydrogen) atoms. The van der Waals surface area contributed by atoms with Gasteiger partial charge in [-0.3, -0.25) is 0 Å². The molecular formula is C13H19NO. The summed E-state index contributed by atoms with van der Waals surface area (Å²) in [5.41, 5.74) is 1.25. The Morgan fingerprint density at radius 1 is 1.33 bits per heavy atom. The van der Waals surface area contributed by atoms with Crippen molar-refractivity contribution in [1.29, 1.82) is 0 Å². The van der Waals surface area contributed by atoms with Crippen LogP contribution in [0.2, 0.25) is 0 Å². The summed E-state index contributed by atoms with van der Waals surface area (Å²) >= 11 is 0. The molecule has 0 heterocycles. The third-order valence-corrected chi connectivity index (χ3v) is 2.65. The maximum Gasteiger partial charge on any atom is 0.0721 e. The predicted molar refractivity (Wildman–Crippen MR) is 61.7 cm³/mol. The molecule has 0 spiro atoms. The van der Waals surface area contributed by atoms with Crippen molar-refractivity contribution >= 4 is 0 Å². The number of hydrogen-bond acceptors (Lipinski definition) is 2. The van der Waals surface area contributed by atoms with E-state index in [9.17, 15) is 0 Å². The van der Waals surface area contributed by atoms with Crippen LogP contribution in [0.4, 0.5) is 0 Å². The van der Waals surface area contributed by atoms with E-state index in [0.29, 0.717) is 12.7 Å². The normalized spacial score (nSPS) is 17.7. The van der Waals surface area contributed by atoms with Gasteiger partial charge in [0, 0.05) is 12.6 Å². The van der Waals surface area contributed by atoms with E-state index in [-0.39, 0.29) is 0 Å². The smallest absolute Gasteiger partial charge is 0.0721 e. The zero-order valence-corrected chi connectivity index (χ0v) is 9.28. The summed E-state index contributed by atoms with van der Waals surface area (Å²) in [6.07, 6.45) is 2.97. The van der Waals surface area contributed by atoms with Crippen LogP contribution in [0, 0.1) is 0 Å². The highest BCUT2D eigenvalue weighted by Crippen LogP contribution is 2.18. The van der Waals surface area contributed by atoms with Gasteiger partial charge in [0.15, 0.2) is 0 Å². The fourth-order valence-corrected chi connectivity index (χ4v) is 1.49. The van der Waals surface area contributed by atoms with Gasteiger partial charge < -0.3 is 10.1 Å². The Balaban J connectivity index is 1.63. The van der Waals surface area contributed by atoms with Crippen LogP contribution in [0.15, 0.2) is 30.3 Å². The molecule has 0 bridgehead atoms. The molecule has 1 aromatic rings. The molecule has 1 fully saturated rings. The molecule has 1 aromatic carbocycles. The first-order chi connectivity index (χ1) is 7.34. The van der Waals surface area contributed by atoms with Crippen molar-refractivity contribution in [3.8, 4) is 0 Å². The van der Waals surface area contributed by atoms with Crippen LogP contribution in [0.25, 0.3) is 0 Å².